The van der Waals surface area contributed by atoms with E-state index in [1.165, 1.54) is 38.5 Å². The van der Waals surface area contributed by atoms with Crippen LogP contribution in [-0.4, -0.2) is 5.78 Å². The molecule has 2 unspecified atom stereocenters. The zero-order valence-electron chi connectivity index (χ0n) is 14.9. The van der Waals surface area contributed by atoms with Gasteiger partial charge in [-0.25, -0.2) is 0 Å². The molecule has 0 aromatic rings. The molecule has 0 heterocycles. The minimum Gasteiger partial charge on any atom is -0.299 e. The highest BCUT2D eigenvalue weighted by atomic mass is 16.1. The van der Waals surface area contributed by atoms with E-state index in [0.717, 1.165) is 24.7 Å². The summed E-state index contributed by atoms with van der Waals surface area (Å²) < 4.78 is 0. The van der Waals surface area contributed by atoms with Gasteiger partial charge in [0.2, 0.25) is 0 Å². The number of ketones is 1. The molecule has 0 aliphatic rings. The van der Waals surface area contributed by atoms with Crippen LogP contribution >= 0.6 is 0 Å². The molecule has 0 aliphatic carbocycles. The van der Waals surface area contributed by atoms with Gasteiger partial charge in [-0.15, -0.1) is 0 Å². The van der Waals surface area contributed by atoms with Crippen LogP contribution in [-0.2, 0) is 4.79 Å². The van der Waals surface area contributed by atoms with Crippen LogP contribution in [0.3, 0.4) is 0 Å². The van der Waals surface area contributed by atoms with Gasteiger partial charge in [0, 0.05) is 11.8 Å². The number of hydrogen-bond donors (Lipinski definition) is 0. The van der Waals surface area contributed by atoms with Crippen LogP contribution in [0.5, 0.6) is 0 Å². The van der Waals surface area contributed by atoms with E-state index < -0.39 is 0 Å². The summed E-state index contributed by atoms with van der Waals surface area (Å²) in [5.74, 6) is 2.64. The largest absolute Gasteiger partial charge is 0.299 e. The van der Waals surface area contributed by atoms with Gasteiger partial charge >= 0.3 is 0 Å². The number of rotatable bonds is 12. The van der Waals surface area contributed by atoms with Gasteiger partial charge < -0.3 is 0 Å². The molecule has 20 heavy (non-hydrogen) atoms. The lowest BCUT2D eigenvalue weighted by Crippen LogP contribution is -2.21. The Morgan fingerprint density at radius 2 is 0.950 bits per heavy atom. The lowest BCUT2D eigenvalue weighted by molar-refractivity contribution is -0.126. The van der Waals surface area contributed by atoms with Gasteiger partial charge in [-0.05, 0) is 37.5 Å². The number of carbonyl (C=O) groups is 1. The van der Waals surface area contributed by atoms with Crippen molar-refractivity contribution >= 4 is 5.78 Å². The smallest absolute Gasteiger partial charge is 0.138 e. The molecule has 0 saturated heterocycles. The molecule has 0 bridgehead atoms. The summed E-state index contributed by atoms with van der Waals surface area (Å²) in [7, 11) is 0. The van der Waals surface area contributed by atoms with Crippen molar-refractivity contribution in [3.63, 3.8) is 0 Å². The van der Waals surface area contributed by atoms with Crippen molar-refractivity contribution in [3.05, 3.63) is 0 Å². The van der Waals surface area contributed by atoms with Crippen molar-refractivity contribution in [2.45, 2.75) is 92.9 Å². The van der Waals surface area contributed by atoms with Crippen LogP contribution in [0.15, 0.2) is 0 Å². The Bertz CT molecular complexity index is 214. The van der Waals surface area contributed by atoms with E-state index in [9.17, 15) is 4.79 Å². The summed E-state index contributed by atoms with van der Waals surface area (Å²) in [6, 6.07) is 0. The Labute approximate surface area is 127 Å². The van der Waals surface area contributed by atoms with Crippen LogP contribution in [0, 0.1) is 23.7 Å². The van der Waals surface area contributed by atoms with Crippen molar-refractivity contribution < 1.29 is 4.79 Å². The van der Waals surface area contributed by atoms with Crippen LogP contribution in [0.25, 0.3) is 0 Å². The quantitative estimate of drug-likeness (QED) is 0.413. The van der Waals surface area contributed by atoms with Gasteiger partial charge in [0.15, 0.2) is 0 Å². The molecule has 0 spiro atoms. The first-order chi connectivity index (χ1) is 9.49. The molecule has 0 saturated carbocycles. The van der Waals surface area contributed by atoms with Gasteiger partial charge in [-0.3, -0.25) is 4.79 Å². The molecule has 1 nitrogen and oxygen atoms in total. The SMILES string of the molecule is CCC(CC)CCC(C)C(=O)C(C)CCC(CC)CC. The average Bonchev–Trinajstić information content (AvgIpc) is 2.47. The summed E-state index contributed by atoms with van der Waals surface area (Å²) in [5.41, 5.74) is 0. The first-order valence-corrected chi connectivity index (χ1v) is 9.03. The lowest BCUT2D eigenvalue weighted by Gasteiger charge is -2.20. The monoisotopic (exact) mass is 282 g/mol. The second-order valence-corrected chi connectivity index (χ2v) is 6.72. The third-order valence-electron chi connectivity index (χ3n) is 5.30. The summed E-state index contributed by atoms with van der Waals surface area (Å²) in [6.07, 6.45) is 9.62. The van der Waals surface area contributed by atoms with Gasteiger partial charge in [0.05, 0.1) is 0 Å². The molecule has 0 rings (SSSR count). The molecule has 120 valence electrons. The Balaban J connectivity index is 4.09. The van der Waals surface area contributed by atoms with Crippen molar-refractivity contribution in [2.75, 3.05) is 0 Å². The Kier molecular flexibility index (Phi) is 11.2. The van der Waals surface area contributed by atoms with Crippen molar-refractivity contribution in [1.29, 1.82) is 0 Å². The first-order valence-electron chi connectivity index (χ1n) is 9.03. The molecule has 1 heteroatoms. The van der Waals surface area contributed by atoms with E-state index in [2.05, 4.69) is 41.5 Å². The third kappa shape index (κ3) is 7.45. The maximum absolute atomic E-state index is 12.4. The Morgan fingerprint density at radius 3 is 1.20 bits per heavy atom. The van der Waals surface area contributed by atoms with Crippen molar-refractivity contribution in [1.82, 2.24) is 0 Å². The van der Waals surface area contributed by atoms with Crippen LogP contribution < -0.4 is 0 Å². The maximum Gasteiger partial charge on any atom is 0.138 e. The fourth-order valence-corrected chi connectivity index (χ4v) is 3.14. The predicted molar refractivity (Wildman–Crippen MR) is 89.9 cm³/mol. The van der Waals surface area contributed by atoms with E-state index >= 15 is 0 Å². The zero-order valence-corrected chi connectivity index (χ0v) is 14.9. The van der Waals surface area contributed by atoms with Gasteiger partial charge in [-0.2, -0.15) is 0 Å². The summed E-state index contributed by atoms with van der Waals surface area (Å²) in [4.78, 5) is 12.4. The second-order valence-electron chi connectivity index (χ2n) is 6.72. The van der Waals surface area contributed by atoms with E-state index in [1.54, 1.807) is 0 Å². The van der Waals surface area contributed by atoms with Crippen molar-refractivity contribution in [3.8, 4) is 0 Å². The molecule has 0 aromatic heterocycles. The highest BCUT2D eigenvalue weighted by Gasteiger charge is 2.21. The molecule has 0 radical (unpaired) electrons. The molecular formula is C19H38O. The summed E-state index contributed by atoms with van der Waals surface area (Å²) >= 11 is 0. The second kappa shape index (κ2) is 11.3. The first kappa shape index (κ1) is 19.7. The highest BCUT2D eigenvalue weighted by Crippen LogP contribution is 2.24. The average molecular weight is 283 g/mol. The number of hydrogen-bond acceptors (Lipinski definition) is 1. The van der Waals surface area contributed by atoms with Crippen LogP contribution in [0.4, 0.5) is 0 Å². The molecule has 0 aliphatic heterocycles. The normalized spacial score (nSPS) is 14.8. The number of Topliss-reactive ketones (excluding diaryl/α,β-unsaturated/α-hetero) is 1. The maximum atomic E-state index is 12.4. The standard InChI is InChI=1S/C19H38O/c1-7-17(8-2)13-11-15(5)19(20)16(6)12-14-18(9-3)10-4/h15-18H,7-14H2,1-6H3. The van der Waals surface area contributed by atoms with Crippen molar-refractivity contribution in [2.24, 2.45) is 23.7 Å². The molecule has 0 amide bonds. The Hall–Kier alpha value is -0.330. The molecular weight excluding hydrogens is 244 g/mol. The minimum absolute atomic E-state index is 0.257. The number of carbonyl (C=O) groups excluding carboxylic acids is 1. The van der Waals surface area contributed by atoms with E-state index in [4.69, 9.17) is 0 Å². The lowest BCUT2D eigenvalue weighted by atomic mass is 9.84. The van der Waals surface area contributed by atoms with E-state index in [-0.39, 0.29) is 11.8 Å². The molecule has 0 aromatic carbocycles. The highest BCUT2D eigenvalue weighted by molar-refractivity contribution is 5.82. The summed E-state index contributed by atoms with van der Waals surface area (Å²) in [6.45, 7) is 13.3. The third-order valence-corrected chi connectivity index (χ3v) is 5.30. The predicted octanol–water partition coefficient (Wildman–Crippen LogP) is 6.26. The molecule has 2 atom stereocenters. The van der Waals surface area contributed by atoms with Gasteiger partial charge in [0.25, 0.3) is 0 Å². The topological polar surface area (TPSA) is 17.1 Å². The van der Waals surface area contributed by atoms with E-state index in [1.807, 2.05) is 0 Å². The fourth-order valence-electron chi connectivity index (χ4n) is 3.14. The Morgan fingerprint density at radius 1 is 0.650 bits per heavy atom. The zero-order chi connectivity index (χ0) is 15.5. The minimum atomic E-state index is 0.257. The summed E-state index contributed by atoms with van der Waals surface area (Å²) in [5, 5.41) is 0. The van der Waals surface area contributed by atoms with E-state index in [0.29, 0.717) is 5.78 Å². The van der Waals surface area contributed by atoms with Gasteiger partial charge in [-0.1, -0.05) is 67.2 Å². The van der Waals surface area contributed by atoms with Crippen LogP contribution in [0.2, 0.25) is 0 Å². The van der Waals surface area contributed by atoms with Crippen LogP contribution in [0.1, 0.15) is 92.9 Å². The van der Waals surface area contributed by atoms with Gasteiger partial charge in [0.1, 0.15) is 5.78 Å². The molecule has 0 N–H and O–H groups in total. The fraction of sp³-hybridized carbons (Fsp3) is 0.947. The molecule has 0 fully saturated rings.